The topological polar surface area (TPSA) is 49.4 Å². The van der Waals surface area contributed by atoms with E-state index in [2.05, 4.69) is 5.32 Å². The molecule has 0 radical (unpaired) electrons. The normalized spacial score (nSPS) is 11.8. The fraction of sp³-hybridized carbons (Fsp3) is 0.294. The van der Waals surface area contributed by atoms with Crippen LogP contribution in [0.15, 0.2) is 35.0 Å². The number of hydrogen-bond donors (Lipinski definition) is 1. The van der Waals surface area contributed by atoms with E-state index in [0.717, 1.165) is 12.1 Å². The van der Waals surface area contributed by atoms with Gasteiger partial charge in [-0.2, -0.15) is 11.3 Å². The molecule has 0 unspecified atom stereocenters. The number of nitrogens with one attached hydrogen (secondary N) is 1. The van der Waals surface area contributed by atoms with Crippen LogP contribution in [0.2, 0.25) is 0 Å². The summed E-state index contributed by atoms with van der Waals surface area (Å²) in [6.45, 7) is 1.94. The third-order valence-electron chi connectivity index (χ3n) is 3.81. The molecule has 1 heterocycles. The van der Waals surface area contributed by atoms with Gasteiger partial charge in [-0.1, -0.05) is 6.07 Å². The molecule has 7 heteroatoms. The number of amides is 2. The van der Waals surface area contributed by atoms with E-state index >= 15 is 0 Å². The molecule has 4 nitrogen and oxygen atoms in total. The van der Waals surface area contributed by atoms with Gasteiger partial charge < -0.3 is 10.2 Å². The van der Waals surface area contributed by atoms with Crippen LogP contribution >= 0.6 is 11.3 Å². The van der Waals surface area contributed by atoms with E-state index in [-0.39, 0.29) is 24.8 Å². The number of hydrogen-bond acceptors (Lipinski definition) is 3. The highest BCUT2D eigenvalue weighted by Gasteiger charge is 2.18. The molecular weight excluding hydrogens is 334 g/mol. The van der Waals surface area contributed by atoms with E-state index in [1.54, 1.807) is 30.8 Å². The van der Waals surface area contributed by atoms with Crippen molar-refractivity contribution in [3.8, 4) is 0 Å². The van der Waals surface area contributed by atoms with E-state index in [1.807, 2.05) is 0 Å². The summed E-state index contributed by atoms with van der Waals surface area (Å²) in [7, 11) is 1.59. The van der Waals surface area contributed by atoms with Gasteiger partial charge in [-0.25, -0.2) is 8.78 Å². The first-order valence-corrected chi connectivity index (χ1v) is 8.35. The summed E-state index contributed by atoms with van der Waals surface area (Å²) in [6.07, 6.45) is 0.125. The van der Waals surface area contributed by atoms with Crippen molar-refractivity contribution in [2.75, 3.05) is 13.6 Å². The number of thiophene rings is 1. The van der Waals surface area contributed by atoms with Gasteiger partial charge in [-0.3, -0.25) is 9.59 Å². The molecule has 0 aliphatic carbocycles. The van der Waals surface area contributed by atoms with Crippen molar-refractivity contribution < 1.29 is 18.4 Å². The summed E-state index contributed by atoms with van der Waals surface area (Å²) in [5.74, 6) is -2.28. The van der Waals surface area contributed by atoms with Crippen LogP contribution in [0.3, 0.4) is 0 Å². The Bertz CT molecular complexity index is 719. The third kappa shape index (κ3) is 4.38. The zero-order chi connectivity index (χ0) is 17.7. The second kappa shape index (κ2) is 8.01. The molecule has 0 aliphatic heterocycles. The van der Waals surface area contributed by atoms with Crippen molar-refractivity contribution in [3.63, 3.8) is 0 Å². The van der Waals surface area contributed by atoms with Crippen LogP contribution in [0.1, 0.15) is 35.3 Å². The van der Waals surface area contributed by atoms with Gasteiger partial charge in [0.1, 0.15) is 0 Å². The third-order valence-corrected chi connectivity index (χ3v) is 4.49. The molecule has 1 N–H and O–H groups in total. The number of nitrogens with zero attached hydrogens (tertiary/aromatic N) is 1. The number of carbonyl (C=O) groups is 2. The summed E-state index contributed by atoms with van der Waals surface area (Å²) in [5, 5.41) is 6.21. The lowest BCUT2D eigenvalue weighted by atomic mass is 10.1. The Hall–Kier alpha value is -2.28. The molecule has 0 aliphatic rings. The minimum atomic E-state index is -0.941. The number of benzene rings is 1. The van der Waals surface area contributed by atoms with Crippen molar-refractivity contribution in [1.29, 1.82) is 0 Å². The molecule has 1 aromatic heterocycles. The number of carbonyl (C=O) groups excluding carboxylic acids is 2. The number of halogens is 2. The predicted octanol–water partition coefficient (Wildman–Crippen LogP) is 3.37. The lowest BCUT2D eigenvalue weighted by Crippen LogP contribution is -2.33. The van der Waals surface area contributed by atoms with Crippen molar-refractivity contribution in [2.24, 2.45) is 0 Å². The highest BCUT2D eigenvalue weighted by molar-refractivity contribution is 7.08. The SMILES string of the molecule is C[C@H](c1ccc(F)c(F)c1)N(C)C(=O)CCNC(=O)c1ccsc1. The summed E-state index contributed by atoms with van der Waals surface area (Å²) >= 11 is 1.42. The smallest absolute Gasteiger partial charge is 0.252 e. The van der Waals surface area contributed by atoms with Crippen molar-refractivity contribution in [2.45, 2.75) is 19.4 Å². The summed E-state index contributed by atoms with van der Waals surface area (Å²) in [6, 6.07) is 4.88. The first-order chi connectivity index (χ1) is 11.4. The van der Waals surface area contributed by atoms with E-state index in [1.165, 1.54) is 22.3 Å². The maximum absolute atomic E-state index is 13.3. The summed E-state index contributed by atoms with van der Waals surface area (Å²) in [5.41, 5.74) is 1.07. The van der Waals surface area contributed by atoms with Crippen LogP contribution in [-0.4, -0.2) is 30.3 Å². The van der Waals surface area contributed by atoms with Crippen LogP contribution < -0.4 is 5.32 Å². The molecular formula is C17H18F2N2O2S. The van der Waals surface area contributed by atoms with Crippen LogP contribution in [0.4, 0.5) is 8.78 Å². The first kappa shape index (κ1) is 18.1. The first-order valence-electron chi connectivity index (χ1n) is 7.41. The largest absolute Gasteiger partial charge is 0.351 e. The highest BCUT2D eigenvalue weighted by Crippen LogP contribution is 2.21. The van der Waals surface area contributed by atoms with E-state index < -0.39 is 17.7 Å². The van der Waals surface area contributed by atoms with Crippen LogP contribution in [0, 0.1) is 11.6 Å². The molecule has 24 heavy (non-hydrogen) atoms. The lowest BCUT2D eigenvalue weighted by Gasteiger charge is -2.25. The van der Waals surface area contributed by atoms with E-state index in [0.29, 0.717) is 11.1 Å². The summed E-state index contributed by atoms with van der Waals surface area (Å²) in [4.78, 5) is 25.4. The zero-order valence-corrected chi connectivity index (χ0v) is 14.2. The quantitative estimate of drug-likeness (QED) is 0.867. The van der Waals surface area contributed by atoms with Gasteiger partial charge in [0.15, 0.2) is 11.6 Å². The van der Waals surface area contributed by atoms with Gasteiger partial charge in [-0.15, -0.1) is 0 Å². The van der Waals surface area contributed by atoms with Gasteiger partial charge in [0.05, 0.1) is 6.04 Å². The minimum absolute atomic E-state index is 0.125. The minimum Gasteiger partial charge on any atom is -0.351 e. The fourth-order valence-corrected chi connectivity index (χ4v) is 2.80. The van der Waals surface area contributed by atoms with Gasteiger partial charge >= 0.3 is 0 Å². The van der Waals surface area contributed by atoms with Crippen LogP contribution in [-0.2, 0) is 4.79 Å². The zero-order valence-electron chi connectivity index (χ0n) is 13.4. The highest BCUT2D eigenvalue weighted by atomic mass is 32.1. The van der Waals surface area contributed by atoms with E-state index in [4.69, 9.17) is 0 Å². The fourth-order valence-electron chi connectivity index (χ4n) is 2.17. The van der Waals surface area contributed by atoms with Crippen LogP contribution in [0.25, 0.3) is 0 Å². The molecule has 2 rings (SSSR count). The Morgan fingerprint density at radius 3 is 2.62 bits per heavy atom. The monoisotopic (exact) mass is 352 g/mol. The maximum atomic E-state index is 13.3. The standard InChI is InChI=1S/C17H18F2N2O2S/c1-11(12-3-4-14(18)15(19)9-12)21(2)16(22)5-7-20-17(23)13-6-8-24-10-13/h3-4,6,8-11H,5,7H2,1-2H3,(H,20,23)/t11-/m1/s1. The molecule has 0 spiro atoms. The molecule has 0 fully saturated rings. The van der Waals surface area contributed by atoms with Gasteiger partial charge in [-0.05, 0) is 36.1 Å². The Kier molecular flexibility index (Phi) is 6.03. The Morgan fingerprint density at radius 2 is 2.00 bits per heavy atom. The van der Waals surface area contributed by atoms with E-state index in [9.17, 15) is 18.4 Å². The van der Waals surface area contributed by atoms with Crippen molar-refractivity contribution >= 4 is 23.2 Å². The number of rotatable bonds is 6. The molecule has 2 aromatic rings. The average Bonchev–Trinajstić information content (AvgIpc) is 3.10. The van der Waals surface area contributed by atoms with Gasteiger partial charge in [0.2, 0.25) is 5.91 Å². The predicted molar refractivity (Wildman–Crippen MR) is 88.8 cm³/mol. The van der Waals surface area contributed by atoms with Crippen LogP contribution in [0.5, 0.6) is 0 Å². The molecule has 0 bridgehead atoms. The second-order valence-corrected chi connectivity index (χ2v) is 6.15. The maximum Gasteiger partial charge on any atom is 0.252 e. The van der Waals surface area contributed by atoms with Gasteiger partial charge in [0, 0.05) is 31.0 Å². The Balaban J connectivity index is 1.87. The van der Waals surface area contributed by atoms with Crippen molar-refractivity contribution in [3.05, 3.63) is 57.8 Å². The molecule has 2 amide bonds. The van der Waals surface area contributed by atoms with Gasteiger partial charge in [0.25, 0.3) is 5.91 Å². The second-order valence-electron chi connectivity index (χ2n) is 5.37. The van der Waals surface area contributed by atoms with Crippen molar-refractivity contribution in [1.82, 2.24) is 10.2 Å². The molecule has 0 saturated carbocycles. The molecule has 128 valence electrons. The molecule has 0 saturated heterocycles. The lowest BCUT2D eigenvalue weighted by molar-refractivity contribution is -0.131. The molecule has 1 aromatic carbocycles. The average molecular weight is 352 g/mol. The summed E-state index contributed by atoms with van der Waals surface area (Å²) < 4.78 is 26.3. The molecule has 1 atom stereocenters. The Morgan fingerprint density at radius 1 is 1.25 bits per heavy atom. The Labute approximate surface area is 143 Å².